The third kappa shape index (κ3) is 4.29. The lowest BCUT2D eigenvalue weighted by molar-refractivity contribution is -0.132. The van der Waals surface area contributed by atoms with Gasteiger partial charge in [-0.25, -0.2) is 4.39 Å². The van der Waals surface area contributed by atoms with Crippen LogP contribution in [0.15, 0.2) is 48.5 Å². The Balaban J connectivity index is 1.35. The molecule has 1 saturated heterocycles. The minimum Gasteiger partial charge on any atom is -0.497 e. The second-order valence-electron chi connectivity index (χ2n) is 7.77. The van der Waals surface area contributed by atoms with Gasteiger partial charge in [-0.05, 0) is 66.6 Å². The van der Waals surface area contributed by atoms with E-state index >= 15 is 0 Å². The standard InChI is InChI=1S/C23H27FN2O2/c1-28-21-10-4-18(5-11-21)22(17-2-3-17)16-23(27)26-14-12-25(13-15-26)20-8-6-19(24)7-9-20/h4-11,17,22H,2-3,12-16H2,1H3. The third-order valence-electron chi connectivity index (χ3n) is 5.95. The van der Waals surface area contributed by atoms with Gasteiger partial charge in [-0.3, -0.25) is 4.79 Å². The van der Waals surface area contributed by atoms with E-state index in [4.69, 9.17) is 4.74 Å². The van der Waals surface area contributed by atoms with Crippen molar-refractivity contribution in [2.24, 2.45) is 5.92 Å². The van der Waals surface area contributed by atoms with Gasteiger partial charge < -0.3 is 14.5 Å². The molecule has 2 fully saturated rings. The van der Waals surface area contributed by atoms with Crippen LogP contribution in [0.2, 0.25) is 0 Å². The molecule has 0 spiro atoms. The fourth-order valence-electron chi connectivity index (χ4n) is 4.09. The van der Waals surface area contributed by atoms with Crippen LogP contribution in [0, 0.1) is 11.7 Å². The highest BCUT2D eigenvalue weighted by atomic mass is 19.1. The molecule has 0 aromatic heterocycles. The first-order chi connectivity index (χ1) is 13.6. The van der Waals surface area contributed by atoms with Crippen molar-refractivity contribution >= 4 is 11.6 Å². The average Bonchev–Trinajstić information content (AvgIpc) is 3.58. The molecule has 1 amide bonds. The highest BCUT2D eigenvalue weighted by Gasteiger charge is 2.35. The van der Waals surface area contributed by atoms with E-state index in [-0.39, 0.29) is 11.7 Å². The van der Waals surface area contributed by atoms with Crippen LogP contribution in [0.25, 0.3) is 0 Å². The van der Waals surface area contributed by atoms with Crippen LogP contribution in [-0.4, -0.2) is 44.1 Å². The van der Waals surface area contributed by atoms with Crippen molar-refractivity contribution in [1.82, 2.24) is 4.90 Å². The molecule has 28 heavy (non-hydrogen) atoms. The summed E-state index contributed by atoms with van der Waals surface area (Å²) < 4.78 is 18.4. The number of carbonyl (C=O) groups is 1. The Kier molecular flexibility index (Phi) is 5.51. The number of benzene rings is 2. The Morgan fingerprint density at radius 1 is 1.04 bits per heavy atom. The topological polar surface area (TPSA) is 32.8 Å². The maximum Gasteiger partial charge on any atom is 0.223 e. The Hall–Kier alpha value is -2.56. The van der Waals surface area contributed by atoms with Crippen molar-refractivity contribution in [2.45, 2.75) is 25.2 Å². The quantitative estimate of drug-likeness (QED) is 0.755. The maximum atomic E-state index is 13.1. The molecule has 1 aliphatic heterocycles. The van der Waals surface area contributed by atoms with Crippen LogP contribution in [-0.2, 0) is 4.79 Å². The number of hydrogen-bond donors (Lipinski definition) is 0. The van der Waals surface area contributed by atoms with E-state index < -0.39 is 0 Å². The van der Waals surface area contributed by atoms with Crippen LogP contribution in [0.4, 0.5) is 10.1 Å². The van der Waals surface area contributed by atoms with Crippen molar-refractivity contribution in [1.29, 1.82) is 0 Å². The van der Waals surface area contributed by atoms with E-state index in [0.29, 0.717) is 18.3 Å². The Bertz CT molecular complexity index is 794. The number of rotatable bonds is 6. The summed E-state index contributed by atoms with van der Waals surface area (Å²) >= 11 is 0. The summed E-state index contributed by atoms with van der Waals surface area (Å²) in [7, 11) is 1.67. The Morgan fingerprint density at radius 2 is 1.68 bits per heavy atom. The number of halogens is 1. The summed E-state index contributed by atoms with van der Waals surface area (Å²) in [6, 6.07) is 14.7. The number of piperazine rings is 1. The molecule has 2 aliphatic rings. The molecule has 0 N–H and O–H groups in total. The van der Waals surface area contributed by atoms with Gasteiger partial charge in [-0.1, -0.05) is 12.1 Å². The molecule has 1 saturated carbocycles. The number of ether oxygens (including phenoxy) is 1. The number of anilines is 1. The van der Waals surface area contributed by atoms with E-state index in [1.807, 2.05) is 17.0 Å². The molecule has 0 bridgehead atoms. The number of nitrogens with zero attached hydrogens (tertiary/aromatic N) is 2. The van der Waals surface area contributed by atoms with Crippen molar-refractivity contribution in [3.63, 3.8) is 0 Å². The summed E-state index contributed by atoms with van der Waals surface area (Å²) in [6.07, 6.45) is 3.00. The minimum absolute atomic E-state index is 0.220. The lowest BCUT2D eigenvalue weighted by Crippen LogP contribution is -2.49. The van der Waals surface area contributed by atoms with Crippen molar-refractivity contribution in [3.05, 3.63) is 59.9 Å². The van der Waals surface area contributed by atoms with E-state index in [1.54, 1.807) is 19.2 Å². The number of methoxy groups -OCH3 is 1. The summed E-state index contributed by atoms with van der Waals surface area (Å²) in [5, 5.41) is 0. The van der Waals surface area contributed by atoms with Crippen LogP contribution in [0.3, 0.4) is 0 Å². The number of carbonyl (C=O) groups excluding carboxylic acids is 1. The number of hydrogen-bond acceptors (Lipinski definition) is 3. The van der Waals surface area contributed by atoms with Crippen molar-refractivity contribution in [3.8, 4) is 5.75 Å². The minimum atomic E-state index is -0.220. The highest BCUT2D eigenvalue weighted by molar-refractivity contribution is 5.77. The van der Waals surface area contributed by atoms with Gasteiger partial charge in [0.1, 0.15) is 11.6 Å². The van der Waals surface area contributed by atoms with Gasteiger partial charge in [0.2, 0.25) is 5.91 Å². The Morgan fingerprint density at radius 3 is 2.25 bits per heavy atom. The Labute approximate surface area is 165 Å². The molecule has 5 heteroatoms. The van der Waals surface area contributed by atoms with Crippen LogP contribution >= 0.6 is 0 Å². The summed E-state index contributed by atoms with van der Waals surface area (Å²) in [4.78, 5) is 17.2. The van der Waals surface area contributed by atoms with E-state index in [2.05, 4.69) is 17.0 Å². The molecule has 4 nitrogen and oxygen atoms in total. The average molecular weight is 382 g/mol. The fourth-order valence-corrected chi connectivity index (χ4v) is 4.09. The van der Waals surface area contributed by atoms with Crippen molar-refractivity contribution in [2.75, 3.05) is 38.2 Å². The smallest absolute Gasteiger partial charge is 0.223 e. The monoisotopic (exact) mass is 382 g/mol. The van der Waals surface area contributed by atoms with Gasteiger partial charge in [-0.2, -0.15) is 0 Å². The largest absolute Gasteiger partial charge is 0.497 e. The molecular formula is C23H27FN2O2. The van der Waals surface area contributed by atoms with Crippen molar-refractivity contribution < 1.29 is 13.9 Å². The van der Waals surface area contributed by atoms with Crippen LogP contribution in [0.5, 0.6) is 5.75 Å². The highest BCUT2D eigenvalue weighted by Crippen LogP contribution is 2.45. The molecule has 1 heterocycles. The number of amides is 1. The van der Waals surface area contributed by atoms with Gasteiger partial charge in [0.05, 0.1) is 7.11 Å². The SMILES string of the molecule is COc1ccc(C(CC(=O)N2CCN(c3ccc(F)cc3)CC2)C2CC2)cc1. The lowest BCUT2D eigenvalue weighted by Gasteiger charge is -2.36. The lowest BCUT2D eigenvalue weighted by atomic mass is 9.90. The van der Waals surface area contributed by atoms with Gasteiger partial charge in [0.15, 0.2) is 0 Å². The summed E-state index contributed by atoms with van der Waals surface area (Å²) in [5.41, 5.74) is 2.25. The molecule has 148 valence electrons. The fraction of sp³-hybridized carbons (Fsp3) is 0.435. The van der Waals surface area contributed by atoms with Gasteiger partial charge in [0.25, 0.3) is 0 Å². The summed E-state index contributed by atoms with van der Waals surface area (Å²) in [5.74, 6) is 1.79. The van der Waals surface area contributed by atoms with Gasteiger partial charge in [0, 0.05) is 38.3 Å². The molecule has 2 aromatic carbocycles. The van der Waals surface area contributed by atoms with E-state index in [1.165, 1.54) is 30.5 Å². The third-order valence-corrected chi connectivity index (χ3v) is 5.95. The molecule has 2 aromatic rings. The second kappa shape index (κ2) is 8.21. The maximum absolute atomic E-state index is 13.1. The van der Waals surface area contributed by atoms with E-state index in [9.17, 15) is 9.18 Å². The van der Waals surface area contributed by atoms with Gasteiger partial charge >= 0.3 is 0 Å². The first-order valence-electron chi connectivity index (χ1n) is 10.1. The molecule has 0 radical (unpaired) electrons. The second-order valence-corrected chi connectivity index (χ2v) is 7.77. The molecule has 1 unspecified atom stereocenters. The van der Waals surface area contributed by atoms with E-state index in [0.717, 1.165) is 37.6 Å². The zero-order chi connectivity index (χ0) is 19.5. The predicted octanol–water partition coefficient (Wildman–Crippen LogP) is 4.07. The first kappa shape index (κ1) is 18.8. The zero-order valence-electron chi connectivity index (χ0n) is 16.3. The molecule has 1 atom stereocenters. The van der Waals surface area contributed by atoms with Crippen LogP contribution < -0.4 is 9.64 Å². The molecule has 1 aliphatic carbocycles. The zero-order valence-corrected chi connectivity index (χ0v) is 16.3. The molecule has 4 rings (SSSR count). The first-order valence-corrected chi connectivity index (χ1v) is 10.1. The van der Waals surface area contributed by atoms with Gasteiger partial charge in [-0.15, -0.1) is 0 Å². The normalized spacial score (nSPS) is 18.1. The molecular weight excluding hydrogens is 355 g/mol. The van der Waals surface area contributed by atoms with Crippen LogP contribution in [0.1, 0.15) is 30.7 Å². The summed E-state index contributed by atoms with van der Waals surface area (Å²) in [6.45, 7) is 3.01. The predicted molar refractivity (Wildman–Crippen MR) is 108 cm³/mol.